The molecule has 1 aromatic rings. The molecule has 14 heavy (non-hydrogen) atoms. The van der Waals surface area contributed by atoms with Crippen molar-refractivity contribution in [3.05, 3.63) is 30.1 Å². The predicted octanol–water partition coefficient (Wildman–Crippen LogP) is 1.51. The average Bonchev–Trinajstić information content (AvgIpc) is 2.18. The number of carbonyl (C=O) groups excluding carboxylic acids is 1. The van der Waals surface area contributed by atoms with Gasteiger partial charge in [0, 0.05) is 12.1 Å². The number of carbonyl (C=O) groups is 1. The van der Waals surface area contributed by atoms with Crippen molar-refractivity contribution in [2.75, 3.05) is 0 Å². The summed E-state index contributed by atoms with van der Waals surface area (Å²) in [6.45, 7) is 5.01. The van der Waals surface area contributed by atoms with Crippen LogP contribution in [0, 0.1) is 5.92 Å². The second-order valence-corrected chi connectivity index (χ2v) is 3.81. The molecule has 0 amide bonds. The second-order valence-electron chi connectivity index (χ2n) is 3.81. The molecule has 0 aliphatic heterocycles. The molecule has 0 spiro atoms. The molecule has 0 radical (unpaired) electrons. The van der Waals surface area contributed by atoms with Crippen LogP contribution in [0.25, 0.3) is 0 Å². The molecule has 0 fully saturated rings. The standard InChI is InChI=1S/C11H15NO2/c1-8(2)10(13)11(3,14)9-6-4-5-7-12-9/h4-8,14H,1-3H3. The topological polar surface area (TPSA) is 50.2 Å². The third kappa shape index (κ3) is 1.99. The number of pyridine rings is 1. The second kappa shape index (κ2) is 3.88. The number of Topliss-reactive ketones (excluding diaryl/α,β-unsaturated/α-hetero) is 1. The molecule has 1 heterocycles. The van der Waals surface area contributed by atoms with E-state index in [0.717, 1.165) is 0 Å². The smallest absolute Gasteiger partial charge is 0.172 e. The summed E-state index contributed by atoms with van der Waals surface area (Å²) in [7, 11) is 0. The van der Waals surface area contributed by atoms with Gasteiger partial charge in [-0.1, -0.05) is 19.9 Å². The molecule has 0 bridgehead atoms. The van der Waals surface area contributed by atoms with E-state index in [1.165, 1.54) is 6.92 Å². The van der Waals surface area contributed by atoms with Crippen molar-refractivity contribution in [3.8, 4) is 0 Å². The molecule has 1 unspecified atom stereocenters. The number of ketones is 1. The predicted molar refractivity (Wildman–Crippen MR) is 53.7 cm³/mol. The van der Waals surface area contributed by atoms with Crippen LogP contribution in [0.4, 0.5) is 0 Å². The Balaban J connectivity index is 3.02. The van der Waals surface area contributed by atoms with Gasteiger partial charge < -0.3 is 5.11 Å². The van der Waals surface area contributed by atoms with Crippen LogP contribution in [0.5, 0.6) is 0 Å². The van der Waals surface area contributed by atoms with Crippen LogP contribution in [0.15, 0.2) is 24.4 Å². The van der Waals surface area contributed by atoms with E-state index in [1.807, 2.05) is 0 Å². The third-order valence-electron chi connectivity index (χ3n) is 2.17. The number of rotatable bonds is 3. The number of hydrogen-bond donors (Lipinski definition) is 1. The summed E-state index contributed by atoms with van der Waals surface area (Å²) in [6.07, 6.45) is 1.57. The third-order valence-corrected chi connectivity index (χ3v) is 2.17. The Morgan fingerprint density at radius 1 is 1.50 bits per heavy atom. The largest absolute Gasteiger partial charge is 0.376 e. The van der Waals surface area contributed by atoms with Crippen LogP contribution < -0.4 is 0 Å². The van der Waals surface area contributed by atoms with Gasteiger partial charge in [-0.2, -0.15) is 0 Å². The highest BCUT2D eigenvalue weighted by atomic mass is 16.3. The Labute approximate surface area is 83.8 Å². The first kappa shape index (κ1) is 10.9. The summed E-state index contributed by atoms with van der Waals surface area (Å²) in [5.74, 6) is -0.414. The monoisotopic (exact) mass is 193 g/mol. The number of hydrogen-bond acceptors (Lipinski definition) is 3. The van der Waals surface area contributed by atoms with E-state index >= 15 is 0 Å². The zero-order valence-corrected chi connectivity index (χ0v) is 8.69. The van der Waals surface area contributed by atoms with Gasteiger partial charge in [-0.15, -0.1) is 0 Å². The van der Waals surface area contributed by atoms with E-state index in [2.05, 4.69) is 4.98 Å². The van der Waals surface area contributed by atoms with E-state index < -0.39 is 5.60 Å². The van der Waals surface area contributed by atoms with Gasteiger partial charge in [0.15, 0.2) is 11.4 Å². The van der Waals surface area contributed by atoms with Crippen molar-refractivity contribution >= 4 is 5.78 Å². The summed E-state index contributed by atoms with van der Waals surface area (Å²) in [4.78, 5) is 15.7. The molecule has 3 heteroatoms. The number of nitrogens with zero attached hydrogens (tertiary/aromatic N) is 1. The molecule has 76 valence electrons. The Bertz CT molecular complexity index is 317. The normalized spacial score (nSPS) is 15.2. The fourth-order valence-corrected chi connectivity index (χ4v) is 1.34. The molecule has 0 saturated carbocycles. The first-order valence-corrected chi connectivity index (χ1v) is 4.64. The summed E-state index contributed by atoms with van der Waals surface area (Å²) >= 11 is 0. The van der Waals surface area contributed by atoms with E-state index in [-0.39, 0.29) is 11.7 Å². The molecule has 1 N–H and O–H groups in total. The van der Waals surface area contributed by atoms with Gasteiger partial charge in [-0.25, -0.2) is 0 Å². The lowest BCUT2D eigenvalue weighted by molar-refractivity contribution is -0.140. The minimum Gasteiger partial charge on any atom is -0.376 e. The Morgan fingerprint density at radius 2 is 2.14 bits per heavy atom. The van der Waals surface area contributed by atoms with Gasteiger partial charge in [0.2, 0.25) is 0 Å². The summed E-state index contributed by atoms with van der Waals surface area (Å²) in [6, 6.07) is 5.16. The maximum absolute atomic E-state index is 11.7. The van der Waals surface area contributed by atoms with Crippen molar-refractivity contribution in [1.82, 2.24) is 4.98 Å². The molecular formula is C11H15NO2. The zero-order chi connectivity index (χ0) is 10.8. The van der Waals surface area contributed by atoms with E-state index in [4.69, 9.17) is 0 Å². The van der Waals surface area contributed by atoms with Gasteiger partial charge in [0.25, 0.3) is 0 Å². The highest BCUT2D eigenvalue weighted by Crippen LogP contribution is 2.22. The lowest BCUT2D eigenvalue weighted by Crippen LogP contribution is -2.36. The molecular weight excluding hydrogens is 178 g/mol. The lowest BCUT2D eigenvalue weighted by atomic mass is 9.89. The molecule has 3 nitrogen and oxygen atoms in total. The van der Waals surface area contributed by atoms with Gasteiger partial charge >= 0.3 is 0 Å². The van der Waals surface area contributed by atoms with Crippen molar-refractivity contribution in [2.45, 2.75) is 26.4 Å². The highest BCUT2D eigenvalue weighted by Gasteiger charge is 2.34. The summed E-state index contributed by atoms with van der Waals surface area (Å²) in [5.41, 5.74) is -1.08. The molecule has 0 saturated heterocycles. The molecule has 1 atom stereocenters. The first-order valence-electron chi connectivity index (χ1n) is 4.64. The summed E-state index contributed by atoms with van der Waals surface area (Å²) in [5, 5.41) is 10.0. The lowest BCUT2D eigenvalue weighted by Gasteiger charge is -2.22. The van der Waals surface area contributed by atoms with Gasteiger partial charge in [0.05, 0.1) is 5.69 Å². The van der Waals surface area contributed by atoms with Crippen LogP contribution in [0.2, 0.25) is 0 Å². The number of aromatic nitrogens is 1. The molecule has 0 aliphatic carbocycles. The average molecular weight is 193 g/mol. The zero-order valence-electron chi connectivity index (χ0n) is 8.69. The van der Waals surface area contributed by atoms with Crippen molar-refractivity contribution in [2.24, 2.45) is 5.92 Å². The highest BCUT2D eigenvalue weighted by molar-refractivity contribution is 5.88. The van der Waals surface area contributed by atoms with Gasteiger partial charge in [-0.05, 0) is 19.1 Å². The SMILES string of the molecule is CC(C)C(=O)C(C)(O)c1ccccn1. The first-order chi connectivity index (χ1) is 6.46. The van der Waals surface area contributed by atoms with Gasteiger partial charge in [-0.3, -0.25) is 9.78 Å². The quantitative estimate of drug-likeness (QED) is 0.791. The minimum absolute atomic E-state index is 0.202. The molecule has 1 aromatic heterocycles. The van der Waals surface area contributed by atoms with Crippen LogP contribution in [-0.4, -0.2) is 15.9 Å². The molecule has 1 rings (SSSR count). The van der Waals surface area contributed by atoms with E-state index in [0.29, 0.717) is 5.69 Å². The minimum atomic E-state index is -1.48. The Morgan fingerprint density at radius 3 is 2.57 bits per heavy atom. The molecule has 0 aliphatic rings. The summed E-state index contributed by atoms with van der Waals surface area (Å²) < 4.78 is 0. The fourth-order valence-electron chi connectivity index (χ4n) is 1.34. The van der Waals surface area contributed by atoms with Crippen LogP contribution in [0.3, 0.4) is 0 Å². The maximum Gasteiger partial charge on any atom is 0.172 e. The molecule has 0 aromatic carbocycles. The maximum atomic E-state index is 11.7. The van der Waals surface area contributed by atoms with Gasteiger partial charge in [0.1, 0.15) is 0 Å². The van der Waals surface area contributed by atoms with Crippen LogP contribution in [-0.2, 0) is 10.4 Å². The number of aliphatic hydroxyl groups is 1. The van der Waals surface area contributed by atoms with E-state index in [1.54, 1.807) is 38.2 Å². The Kier molecular flexibility index (Phi) is 3.01. The fraction of sp³-hybridized carbons (Fsp3) is 0.455. The van der Waals surface area contributed by atoms with E-state index in [9.17, 15) is 9.90 Å². The van der Waals surface area contributed by atoms with Crippen molar-refractivity contribution in [3.63, 3.8) is 0 Å². The van der Waals surface area contributed by atoms with Crippen LogP contribution >= 0.6 is 0 Å². The van der Waals surface area contributed by atoms with Crippen molar-refractivity contribution in [1.29, 1.82) is 0 Å². The Hall–Kier alpha value is -1.22. The van der Waals surface area contributed by atoms with Crippen molar-refractivity contribution < 1.29 is 9.90 Å². The van der Waals surface area contributed by atoms with Crippen LogP contribution in [0.1, 0.15) is 26.5 Å².